The molecule has 3 heteroatoms. The van der Waals surface area contributed by atoms with Crippen molar-refractivity contribution < 1.29 is 0 Å². The lowest BCUT2D eigenvalue weighted by molar-refractivity contribution is 1.51. The van der Waals surface area contributed by atoms with Crippen LogP contribution in [0.5, 0.6) is 0 Å². The Morgan fingerprint density at radius 1 is 1.88 bits per heavy atom. The maximum atomic E-state index is 6.98. The molecular formula is C5H7BrN2. The molecule has 0 radical (unpaired) electrons. The van der Waals surface area contributed by atoms with E-state index in [2.05, 4.69) is 27.5 Å². The molecule has 0 heterocycles. The number of aliphatic imine (C=N–C) groups is 1. The van der Waals surface area contributed by atoms with Gasteiger partial charge < -0.3 is 5.41 Å². The summed E-state index contributed by atoms with van der Waals surface area (Å²) in [6.45, 7) is 5.02. The molecule has 0 aliphatic heterocycles. The molecule has 0 unspecified atom stereocenters. The Kier molecular flexibility index (Phi) is 3.35. The van der Waals surface area contributed by atoms with E-state index in [-0.39, 0.29) is 0 Å². The fraction of sp³-hybridized carbons (Fsp3) is 0.200. The van der Waals surface area contributed by atoms with Crippen LogP contribution >= 0.6 is 15.9 Å². The lowest BCUT2D eigenvalue weighted by atomic mass is 10.5. The largest absolute Gasteiger partial charge is 0.303 e. The van der Waals surface area contributed by atoms with Gasteiger partial charge in [-0.3, -0.25) is 0 Å². The molecule has 0 atom stereocenters. The van der Waals surface area contributed by atoms with E-state index in [4.69, 9.17) is 5.41 Å². The molecule has 44 valence electrons. The summed E-state index contributed by atoms with van der Waals surface area (Å²) in [6, 6.07) is 0. The predicted molar refractivity (Wildman–Crippen MR) is 40.0 cm³/mol. The van der Waals surface area contributed by atoms with E-state index in [0.717, 1.165) is 0 Å². The van der Waals surface area contributed by atoms with Gasteiger partial charge in [-0.05, 0) is 22.9 Å². The highest BCUT2D eigenvalue weighted by atomic mass is 79.9. The molecule has 0 aromatic rings. The molecule has 0 saturated heterocycles. The zero-order valence-electron chi connectivity index (χ0n) is 4.61. The van der Waals surface area contributed by atoms with Gasteiger partial charge in [0.25, 0.3) is 0 Å². The fourth-order valence-corrected chi connectivity index (χ4v) is 0.322. The Hall–Kier alpha value is -0.440. The van der Waals surface area contributed by atoms with E-state index < -0.39 is 0 Å². The Bertz CT molecular complexity index is 137. The fourth-order valence-electron chi connectivity index (χ4n) is 0.177. The number of rotatable bonds is 2. The average molecular weight is 175 g/mol. The summed E-state index contributed by atoms with van der Waals surface area (Å²) in [5, 5.41) is 6.98. The van der Waals surface area contributed by atoms with Crippen LogP contribution in [0.2, 0.25) is 0 Å². The van der Waals surface area contributed by atoms with Gasteiger partial charge in [0.1, 0.15) is 4.62 Å². The van der Waals surface area contributed by atoms with Crippen molar-refractivity contribution in [3.8, 4) is 0 Å². The molecule has 0 aliphatic carbocycles. The van der Waals surface area contributed by atoms with Gasteiger partial charge >= 0.3 is 0 Å². The van der Waals surface area contributed by atoms with Crippen LogP contribution < -0.4 is 0 Å². The monoisotopic (exact) mass is 174 g/mol. The van der Waals surface area contributed by atoms with Gasteiger partial charge in [0, 0.05) is 6.20 Å². The molecule has 0 aromatic carbocycles. The van der Waals surface area contributed by atoms with Crippen molar-refractivity contribution >= 4 is 26.3 Å². The third-order valence-corrected chi connectivity index (χ3v) is 1.31. The van der Waals surface area contributed by atoms with Crippen molar-refractivity contribution in [1.29, 1.82) is 5.41 Å². The van der Waals surface area contributed by atoms with E-state index in [1.165, 1.54) is 6.20 Å². The van der Waals surface area contributed by atoms with Crippen LogP contribution in [0.1, 0.15) is 6.92 Å². The number of nitrogens with zero attached hydrogens (tertiary/aromatic N) is 1. The Labute approximate surface area is 57.0 Å². The summed E-state index contributed by atoms with van der Waals surface area (Å²) < 4.78 is 0.535. The lowest BCUT2D eigenvalue weighted by Crippen LogP contribution is -1.97. The average Bonchev–Trinajstić information content (AvgIpc) is 1.67. The zero-order valence-corrected chi connectivity index (χ0v) is 6.20. The summed E-state index contributed by atoms with van der Waals surface area (Å²) in [5.41, 5.74) is 0.407. The second-order valence-electron chi connectivity index (χ2n) is 1.23. The molecule has 0 aliphatic rings. The molecule has 1 N–H and O–H groups in total. The minimum absolute atomic E-state index is 0.407. The normalized spacial score (nSPS) is 11.0. The van der Waals surface area contributed by atoms with Crippen molar-refractivity contribution in [2.24, 2.45) is 4.99 Å². The number of hydrogen-bond acceptors (Lipinski definition) is 2. The summed E-state index contributed by atoms with van der Waals surface area (Å²) in [5.74, 6) is 0. The lowest BCUT2D eigenvalue weighted by Gasteiger charge is -1.86. The van der Waals surface area contributed by atoms with E-state index in [1.807, 2.05) is 0 Å². The first-order chi connectivity index (χ1) is 3.68. The van der Waals surface area contributed by atoms with Gasteiger partial charge in [0.05, 0.1) is 5.71 Å². The molecule has 0 aromatic heterocycles. The Morgan fingerprint density at radius 2 is 2.38 bits per heavy atom. The van der Waals surface area contributed by atoms with Crippen LogP contribution in [0.15, 0.2) is 17.8 Å². The standard InChI is InChI=1S/C5H7BrN2/c1-3-8-5(6)4(2)7/h3,7H,1H2,2H3. The van der Waals surface area contributed by atoms with Crippen molar-refractivity contribution in [3.05, 3.63) is 12.8 Å². The van der Waals surface area contributed by atoms with Crippen molar-refractivity contribution in [3.63, 3.8) is 0 Å². The molecular weight excluding hydrogens is 168 g/mol. The topological polar surface area (TPSA) is 36.2 Å². The van der Waals surface area contributed by atoms with Crippen LogP contribution in [0.4, 0.5) is 0 Å². The molecule has 0 rings (SSSR count). The van der Waals surface area contributed by atoms with Gasteiger partial charge in [0.2, 0.25) is 0 Å². The maximum absolute atomic E-state index is 6.98. The Morgan fingerprint density at radius 3 is 2.50 bits per heavy atom. The second-order valence-corrected chi connectivity index (χ2v) is 1.98. The quantitative estimate of drug-likeness (QED) is 0.622. The van der Waals surface area contributed by atoms with Gasteiger partial charge in [-0.2, -0.15) is 0 Å². The Balaban J connectivity index is 3.99. The summed E-state index contributed by atoms with van der Waals surface area (Å²) >= 11 is 3.06. The third kappa shape index (κ3) is 2.69. The molecule has 8 heavy (non-hydrogen) atoms. The highest BCUT2D eigenvalue weighted by molar-refractivity contribution is 9.19. The minimum atomic E-state index is 0.407. The maximum Gasteiger partial charge on any atom is 0.126 e. The molecule has 0 fully saturated rings. The van der Waals surface area contributed by atoms with Crippen LogP contribution in [0.3, 0.4) is 0 Å². The predicted octanol–water partition coefficient (Wildman–Crippen LogP) is 1.96. The minimum Gasteiger partial charge on any atom is -0.303 e. The number of hydrogen-bond donors (Lipinski definition) is 1. The highest BCUT2D eigenvalue weighted by Gasteiger charge is 1.90. The van der Waals surface area contributed by atoms with E-state index in [9.17, 15) is 0 Å². The zero-order chi connectivity index (χ0) is 6.57. The first kappa shape index (κ1) is 7.56. The molecule has 0 bridgehead atoms. The van der Waals surface area contributed by atoms with Crippen LogP contribution in [0.25, 0.3) is 0 Å². The van der Waals surface area contributed by atoms with Crippen LogP contribution in [-0.4, -0.2) is 10.3 Å². The van der Waals surface area contributed by atoms with Crippen LogP contribution in [0, 0.1) is 5.41 Å². The van der Waals surface area contributed by atoms with Gasteiger partial charge in [0.15, 0.2) is 0 Å². The molecule has 0 amide bonds. The van der Waals surface area contributed by atoms with Crippen LogP contribution in [-0.2, 0) is 0 Å². The first-order valence-corrected chi connectivity index (χ1v) is 2.87. The van der Waals surface area contributed by atoms with Gasteiger partial charge in [-0.1, -0.05) is 6.58 Å². The van der Waals surface area contributed by atoms with Crippen molar-refractivity contribution in [2.45, 2.75) is 6.92 Å². The van der Waals surface area contributed by atoms with Crippen molar-refractivity contribution in [1.82, 2.24) is 0 Å². The molecule has 2 nitrogen and oxygen atoms in total. The molecule has 0 spiro atoms. The summed E-state index contributed by atoms with van der Waals surface area (Å²) in [7, 11) is 0. The highest BCUT2D eigenvalue weighted by Crippen LogP contribution is 1.91. The first-order valence-electron chi connectivity index (χ1n) is 2.08. The summed E-state index contributed by atoms with van der Waals surface area (Å²) in [6.07, 6.45) is 1.39. The third-order valence-electron chi connectivity index (χ3n) is 0.514. The second kappa shape index (κ2) is 3.55. The van der Waals surface area contributed by atoms with Gasteiger partial charge in [-0.15, -0.1) is 0 Å². The SMILES string of the molecule is C=CN=C(Br)C(C)=N. The number of halogens is 1. The van der Waals surface area contributed by atoms with Gasteiger partial charge in [-0.25, -0.2) is 4.99 Å². The van der Waals surface area contributed by atoms with E-state index in [0.29, 0.717) is 10.3 Å². The van der Waals surface area contributed by atoms with E-state index >= 15 is 0 Å². The van der Waals surface area contributed by atoms with E-state index in [1.54, 1.807) is 6.92 Å². The van der Waals surface area contributed by atoms with Crippen molar-refractivity contribution in [2.75, 3.05) is 0 Å². The smallest absolute Gasteiger partial charge is 0.126 e. The molecule has 0 saturated carbocycles. The summed E-state index contributed by atoms with van der Waals surface area (Å²) in [4.78, 5) is 3.70. The number of nitrogens with one attached hydrogen (secondary N) is 1.